The fourth-order valence-electron chi connectivity index (χ4n) is 1.50. The van der Waals surface area contributed by atoms with Gasteiger partial charge in [0, 0.05) is 12.3 Å². The molecular weight excluding hydrogens is 234 g/mol. The van der Waals surface area contributed by atoms with Gasteiger partial charge in [-0.15, -0.1) is 0 Å². The van der Waals surface area contributed by atoms with E-state index in [1.807, 2.05) is 31.2 Å². The van der Waals surface area contributed by atoms with Gasteiger partial charge >= 0.3 is 0 Å². The Labute approximate surface area is 104 Å². The summed E-state index contributed by atoms with van der Waals surface area (Å²) in [7, 11) is -3.15. The van der Waals surface area contributed by atoms with Crippen molar-refractivity contribution in [2.45, 2.75) is 38.0 Å². The zero-order valence-corrected chi connectivity index (χ0v) is 11.7. The predicted octanol–water partition coefficient (Wildman–Crippen LogP) is 1.69. The van der Waals surface area contributed by atoms with E-state index in [-0.39, 0.29) is 0 Å². The van der Waals surface area contributed by atoms with Crippen LogP contribution in [0.1, 0.15) is 25.0 Å². The molecule has 0 amide bonds. The van der Waals surface area contributed by atoms with Crippen LogP contribution in [0.2, 0.25) is 0 Å². The van der Waals surface area contributed by atoms with Crippen LogP contribution in [0, 0.1) is 6.92 Å². The Kier molecular flexibility index (Phi) is 3.99. The number of sulfone groups is 1. The lowest BCUT2D eigenvalue weighted by Crippen LogP contribution is -2.49. The average Bonchev–Trinajstić information content (AvgIpc) is 2.19. The third kappa shape index (κ3) is 3.30. The number of rotatable bonds is 4. The zero-order chi connectivity index (χ0) is 13.3. The third-order valence-electron chi connectivity index (χ3n) is 3.42. The minimum atomic E-state index is -3.15. The molecule has 1 unspecified atom stereocenters. The fourth-order valence-corrected chi connectivity index (χ4v) is 2.13. The van der Waals surface area contributed by atoms with Crippen molar-refractivity contribution in [3.63, 3.8) is 0 Å². The van der Waals surface area contributed by atoms with Gasteiger partial charge in [0.25, 0.3) is 0 Å². The van der Waals surface area contributed by atoms with Crippen LogP contribution < -0.4 is 5.73 Å². The van der Waals surface area contributed by atoms with Crippen molar-refractivity contribution in [3.8, 4) is 0 Å². The van der Waals surface area contributed by atoms with Gasteiger partial charge in [0.1, 0.15) is 0 Å². The van der Waals surface area contributed by atoms with Gasteiger partial charge in [-0.2, -0.15) is 0 Å². The van der Waals surface area contributed by atoms with Crippen LogP contribution in [0.25, 0.3) is 0 Å². The van der Waals surface area contributed by atoms with Crippen LogP contribution >= 0.6 is 0 Å². The number of benzene rings is 1. The minimum absolute atomic E-state index is 0.403. The summed E-state index contributed by atoms with van der Waals surface area (Å²) in [6.07, 6.45) is 1.81. The maximum atomic E-state index is 11.7. The van der Waals surface area contributed by atoms with Crippen LogP contribution in [0.3, 0.4) is 0 Å². The van der Waals surface area contributed by atoms with Gasteiger partial charge in [0.2, 0.25) is 0 Å². The Morgan fingerprint density at radius 2 is 1.71 bits per heavy atom. The Bertz CT molecular complexity index is 475. The molecule has 96 valence electrons. The summed E-state index contributed by atoms with van der Waals surface area (Å²) in [5.74, 6) is 0. The van der Waals surface area contributed by atoms with Crippen molar-refractivity contribution in [1.29, 1.82) is 0 Å². The molecule has 4 heteroatoms. The average molecular weight is 255 g/mol. The van der Waals surface area contributed by atoms with Crippen LogP contribution in [0.15, 0.2) is 24.3 Å². The second-order valence-electron chi connectivity index (χ2n) is 5.17. The Balaban J connectivity index is 2.86. The Hall–Kier alpha value is -0.870. The molecule has 17 heavy (non-hydrogen) atoms. The van der Waals surface area contributed by atoms with Crippen LogP contribution in [-0.2, 0) is 16.3 Å². The number of aryl methyl sites for hydroxylation is 1. The van der Waals surface area contributed by atoms with Crippen LogP contribution in [0.4, 0.5) is 0 Å². The third-order valence-corrected chi connectivity index (χ3v) is 5.64. The van der Waals surface area contributed by atoms with E-state index in [1.165, 1.54) is 11.8 Å². The fraction of sp³-hybridized carbons (Fsp3) is 0.538. The SMILES string of the molecule is Cc1ccc(CC(N)C(C)(C)S(C)(=O)=O)cc1. The standard InChI is InChI=1S/C13H21NO2S/c1-10-5-7-11(8-6-10)9-12(14)13(2,3)17(4,15)16/h5-8,12H,9,14H2,1-4H3. The highest BCUT2D eigenvalue weighted by Crippen LogP contribution is 2.21. The molecule has 0 spiro atoms. The van der Waals surface area contributed by atoms with Gasteiger partial charge in [-0.05, 0) is 32.8 Å². The second kappa shape index (κ2) is 4.78. The molecule has 0 radical (unpaired) electrons. The highest BCUT2D eigenvalue weighted by Gasteiger charge is 2.36. The zero-order valence-electron chi connectivity index (χ0n) is 10.9. The molecule has 0 aromatic heterocycles. The summed E-state index contributed by atoms with van der Waals surface area (Å²) in [6, 6.07) is 7.60. The largest absolute Gasteiger partial charge is 0.326 e. The summed E-state index contributed by atoms with van der Waals surface area (Å²) in [6.45, 7) is 5.38. The number of nitrogens with two attached hydrogens (primary N) is 1. The van der Waals surface area contributed by atoms with Crippen molar-refractivity contribution in [1.82, 2.24) is 0 Å². The molecule has 2 N–H and O–H groups in total. The van der Waals surface area contributed by atoms with E-state index >= 15 is 0 Å². The lowest BCUT2D eigenvalue weighted by atomic mass is 9.96. The molecule has 0 heterocycles. The molecule has 0 fully saturated rings. The molecule has 1 aromatic carbocycles. The lowest BCUT2D eigenvalue weighted by molar-refractivity contribution is 0.482. The van der Waals surface area contributed by atoms with E-state index < -0.39 is 20.6 Å². The summed E-state index contributed by atoms with van der Waals surface area (Å²) in [5, 5.41) is 0. The van der Waals surface area contributed by atoms with E-state index in [9.17, 15) is 8.42 Å². The summed E-state index contributed by atoms with van der Waals surface area (Å²) in [5.41, 5.74) is 8.28. The first-order valence-corrected chi connectivity index (χ1v) is 7.54. The molecule has 0 aliphatic heterocycles. The van der Waals surface area contributed by atoms with Crippen LogP contribution in [0.5, 0.6) is 0 Å². The first-order chi connectivity index (χ1) is 7.64. The van der Waals surface area contributed by atoms with Crippen molar-refractivity contribution in [3.05, 3.63) is 35.4 Å². The monoisotopic (exact) mass is 255 g/mol. The Morgan fingerprint density at radius 1 is 1.24 bits per heavy atom. The lowest BCUT2D eigenvalue weighted by Gasteiger charge is -2.29. The van der Waals surface area contributed by atoms with E-state index in [0.29, 0.717) is 6.42 Å². The smallest absolute Gasteiger partial charge is 0.154 e. The minimum Gasteiger partial charge on any atom is -0.326 e. The molecule has 0 aliphatic carbocycles. The molecule has 1 aromatic rings. The normalized spacial score (nSPS) is 14.6. The molecule has 0 saturated heterocycles. The summed E-state index contributed by atoms with van der Waals surface area (Å²) in [4.78, 5) is 0. The predicted molar refractivity (Wildman–Crippen MR) is 71.8 cm³/mol. The second-order valence-corrected chi connectivity index (χ2v) is 7.77. The highest BCUT2D eigenvalue weighted by molar-refractivity contribution is 7.92. The van der Waals surface area contributed by atoms with E-state index in [2.05, 4.69) is 0 Å². The van der Waals surface area contributed by atoms with Gasteiger partial charge in [0.05, 0.1) is 4.75 Å². The highest BCUT2D eigenvalue weighted by atomic mass is 32.2. The molecule has 0 aliphatic rings. The van der Waals surface area contributed by atoms with E-state index in [4.69, 9.17) is 5.73 Å². The molecule has 1 atom stereocenters. The van der Waals surface area contributed by atoms with Crippen molar-refractivity contribution < 1.29 is 8.42 Å². The van der Waals surface area contributed by atoms with Gasteiger partial charge in [-0.25, -0.2) is 8.42 Å². The maximum absolute atomic E-state index is 11.7. The summed E-state index contributed by atoms with van der Waals surface area (Å²) < 4.78 is 22.4. The Morgan fingerprint density at radius 3 is 2.12 bits per heavy atom. The van der Waals surface area contributed by atoms with E-state index in [0.717, 1.165) is 5.56 Å². The van der Waals surface area contributed by atoms with Gasteiger partial charge in [-0.1, -0.05) is 29.8 Å². The summed E-state index contributed by atoms with van der Waals surface area (Å²) >= 11 is 0. The molecule has 1 rings (SSSR count). The molecular formula is C13H21NO2S. The van der Waals surface area contributed by atoms with Crippen LogP contribution in [-0.4, -0.2) is 25.5 Å². The first kappa shape index (κ1) is 14.2. The van der Waals surface area contributed by atoms with Crippen molar-refractivity contribution in [2.24, 2.45) is 5.73 Å². The first-order valence-electron chi connectivity index (χ1n) is 5.65. The van der Waals surface area contributed by atoms with Gasteiger partial charge in [0.15, 0.2) is 9.84 Å². The molecule has 0 saturated carbocycles. The van der Waals surface area contributed by atoms with Gasteiger partial charge in [-0.3, -0.25) is 0 Å². The number of hydrogen-bond acceptors (Lipinski definition) is 3. The van der Waals surface area contributed by atoms with Gasteiger partial charge < -0.3 is 5.73 Å². The number of hydrogen-bond donors (Lipinski definition) is 1. The molecule has 0 bridgehead atoms. The van der Waals surface area contributed by atoms with Crippen molar-refractivity contribution in [2.75, 3.05) is 6.26 Å². The van der Waals surface area contributed by atoms with Crippen molar-refractivity contribution >= 4 is 9.84 Å². The quantitative estimate of drug-likeness (QED) is 0.890. The molecule has 3 nitrogen and oxygen atoms in total. The van der Waals surface area contributed by atoms with E-state index in [1.54, 1.807) is 13.8 Å². The maximum Gasteiger partial charge on any atom is 0.154 e. The topological polar surface area (TPSA) is 60.2 Å².